The highest BCUT2D eigenvalue weighted by molar-refractivity contribution is 7.26. The van der Waals surface area contributed by atoms with Gasteiger partial charge < -0.3 is 0 Å². The maximum absolute atomic E-state index is 5.20. The summed E-state index contributed by atoms with van der Waals surface area (Å²) < 4.78 is 2.56. The molecule has 2 aromatic heterocycles. The van der Waals surface area contributed by atoms with Crippen LogP contribution in [0.25, 0.3) is 76.3 Å². The Morgan fingerprint density at radius 3 is 1.67 bits per heavy atom. The third-order valence-electron chi connectivity index (χ3n) is 7.93. The van der Waals surface area contributed by atoms with E-state index in [4.69, 9.17) is 9.97 Å². The molecule has 0 aliphatic carbocycles. The van der Waals surface area contributed by atoms with Gasteiger partial charge in [-0.2, -0.15) is 0 Å². The van der Waals surface area contributed by atoms with Gasteiger partial charge in [0, 0.05) is 42.4 Å². The van der Waals surface area contributed by atoms with Crippen LogP contribution in [0.3, 0.4) is 0 Å². The first kappa shape index (κ1) is 25.3. The molecule has 0 aliphatic rings. The Morgan fingerprint density at radius 1 is 0.395 bits per heavy atom. The summed E-state index contributed by atoms with van der Waals surface area (Å²) in [6.07, 6.45) is 0. The predicted octanol–water partition coefficient (Wildman–Crippen LogP) is 11.2. The maximum atomic E-state index is 5.20. The predicted molar refractivity (Wildman–Crippen MR) is 182 cm³/mol. The number of fused-ring (bicyclic) bond motifs is 3. The Kier molecular flexibility index (Phi) is 6.36. The van der Waals surface area contributed by atoms with E-state index in [9.17, 15) is 0 Å². The minimum Gasteiger partial charge on any atom is -0.228 e. The molecule has 6 aromatic carbocycles. The highest BCUT2D eigenvalue weighted by atomic mass is 32.1. The van der Waals surface area contributed by atoms with Crippen LogP contribution in [-0.2, 0) is 0 Å². The quantitative estimate of drug-likeness (QED) is 0.207. The van der Waals surface area contributed by atoms with Crippen LogP contribution in [-0.4, -0.2) is 9.97 Å². The summed E-state index contributed by atoms with van der Waals surface area (Å²) in [7, 11) is 0. The van der Waals surface area contributed by atoms with Gasteiger partial charge in [0.2, 0.25) is 0 Å². The molecule has 2 nitrogen and oxygen atoms in total. The Morgan fingerprint density at radius 2 is 0.953 bits per heavy atom. The highest BCUT2D eigenvalue weighted by Crippen LogP contribution is 2.45. The van der Waals surface area contributed by atoms with Crippen molar-refractivity contribution >= 4 is 31.5 Å². The second-order valence-electron chi connectivity index (χ2n) is 10.6. The standard InChI is InChI=1S/C40H26N2S/c1-4-12-27(13-5-1)28-20-22-30(23-21-28)38-34(25-24-33-32-18-10-11-19-37(32)43-39(33)38)36-26-35(29-14-6-2-7-15-29)41-40(42-36)31-16-8-3-9-17-31/h1-26H. The summed E-state index contributed by atoms with van der Waals surface area (Å²) in [5.41, 5.74) is 9.78. The van der Waals surface area contributed by atoms with E-state index in [1.165, 1.54) is 42.4 Å². The van der Waals surface area contributed by atoms with Gasteiger partial charge in [-0.05, 0) is 28.8 Å². The maximum Gasteiger partial charge on any atom is 0.160 e. The fourth-order valence-electron chi connectivity index (χ4n) is 5.81. The van der Waals surface area contributed by atoms with Crippen LogP contribution in [0.5, 0.6) is 0 Å². The van der Waals surface area contributed by atoms with Gasteiger partial charge >= 0.3 is 0 Å². The van der Waals surface area contributed by atoms with Crippen LogP contribution in [0.1, 0.15) is 0 Å². The zero-order valence-electron chi connectivity index (χ0n) is 23.3. The molecule has 0 atom stereocenters. The molecule has 0 fully saturated rings. The van der Waals surface area contributed by atoms with Gasteiger partial charge in [-0.25, -0.2) is 9.97 Å². The number of benzene rings is 6. The third-order valence-corrected chi connectivity index (χ3v) is 9.14. The molecule has 8 rings (SSSR count). The lowest BCUT2D eigenvalue weighted by molar-refractivity contribution is 1.18. The Balaban J connectivity index is 1.39. The molecule has 3 heteroatoms. The van der Waals surface area contributed by atoms with E-state index < -0.39 is 0 Å². The molecule has 0 radical (unpaired) electrons. The Hall–Kier alpha value is -5.38. The molecule has 0 unspecified atom stereocenters. The van der Waals surface area contributed by atoms with E-state index in [1.807, 2.05) is 35.6 Å². The summed E-state index contributed by atoms with van der Waals surface area (Å²) in [4.78, 5) is 10.2. The van der Waals surface area contributed by atoms with Gasteiger partial charge in [-0.1, -0.05) is 146 Å². The molecule has 0 spiro atoms. The van der Waals surface area contributed by atoms with E-state index in [-0.39, 0.29) is 0 Å². The summed E-state index contributed by atoms with van der Waals surface area (Å²) in [5, 5.41) is 2.56. The van der Waals surface area contributed by atoms with Gasteiger partial charge in [0.25, 0.3) is 0 Å². The minimum atomic E-state index is 0.721. The fourth-order valence-corrected chi connectivity index (χ4v) is 7.08. The van der Waals surface area contributed by atoms with Crippen molar-refractivity contribution in [3.05, 3.63) is 158 Å². The molecule has 0 saturated carbocycles. The lowest BCUT2D eigenvalue weighted by atomic mass is 9.93. The van der Waals surface area contributed by atoms with Crippen LogP contribution in [0, 0.1) is 0 Å². The first-order valence-corrected chi connectivity index (χ1v) is 15.2. The van der Waals surface area contributed by atoms with Gasteiger partial charge in [0.15, 0.2) is 5.82 Å². The molecule has 0 amide bonds. The van der Waals surface area contributed by atoms with Crippen molar-refractivity contribution in [1.29, 1.82) is 0 Å². The second kappa shape index (κ2) is 10.8. The monoisotopic (exact) mass is 566 g/mol. The van der Waals surface area contributed by atoms with Gasteiger partial charge in [0.1, 0.15) is 0 Å². The van der Waals surface area contributed by atoms with E-state index in [0.717, 1.165) is 33.9 Å². The number of thiophene rings is 1. The molecule has 202 valence electrons. The lowest BCUT2D eigenvalue weighted by Crippen LogP contribution is -1.97. The smallest absolute Gasteiger partial charge is 0.160 e. The van der Waals surface area contributed by atoms with Crippen molar-refractivity contribution in [2.45, 2.75) is 0 Å². The highest BCUT2D eigenvalue weighted by Gasteiger charge is 2.19. The van der Waals surface area contributed by atoms with E-state index in [1.54, 1.807) is 0 Å². The number of hydrogen-bond donors (Lipinski definition) is 0. The van der Waals surface area contributed by atoms with Crippen molar-refractivity contribution < 1.29 is 0 Å². The van der Waals surface area contributed by atoms with Crippen molar-refractivity contribution in [1.82, 2.24) is 9.97 Å². The van der Waals surface area contributed by atoms with Crippen LogP contribution in [0.2, 0.25) is 0 Å². The molecule has 0 saturated heterocycles. The topological polar surface area (TPSA) is 25.8 Å². The van der Waals surface area contributed by atoms with Crippen molar-refractivity contribution in [3.63, 3.8) is 0 Å². The third kappa shape index (κ3) is 4.70. The first-order chi connectivity index (χ1) is 21.3. The number of aromatic nitrogens is 2. The number of rotatable bonds is 5. The molecule has 2 heterocycles. The SMILES string of the molecule is c1ccc(-c2ccc(-c3c(-c4cc(-c5ccccc5)nc(-c5ccccc5)n4)ccc4c3sc3ccccc34)cc2)cc1. The summed E-state index contributed by atoms with van der Waals surface area (Å²) >= 11 is 1.85. The molecular formula is C40H26N2S. The average molecular weight is 567 g/mol. The average Bonchev–Trinajstić information content (AvgIpc) is 3.48. The molecule has 0 N–H and O–H groups in total. The summed E-state index contributed by atoms with van der Waals surface area (Å²) in [6.45, 7) is 0. The summed E-state index contributed by atoms with van der Waals surface area (Å²) in [5.74, 6) is 0.721. The fraction of sp³-hybridized carbons (Fsp3) is 0. The summed E-state index contributed by atoms with van der Waals surface area (Å²) in [6, 6.07) is 55.5. The van der Waals surface area contributed by atoms with Crippen LogP contribution in [0.15, 0.2) is 158 Å². The molecule has 0 aliphatic heterocycles. The Bertz CT molecular complexity index is 2140. The van der Waals surface area contributed by atoms with Crippen LogP contribution >= 0.6 is 11.3 Å². The largest absolute Gasteiger partial charge is 0.228 e. The van der Waals surface area contributed by atoms with Crippen molar-refractivity contribution in [2.75, 3.05) is 0 Å². The molecule has 8 aromatic rings. The van der Waals surface area contributed by atoms with Crippen molar-refractivity contribution in [2.24, 2.45) is 0 Å². The molecule has 0 bridgehead atoms. The lowest BCUT2D eigenvalue weighted by Gasteiger charge is -2.15. The van der Waals surface area contributed by atoms with Crippen LogP contribution in [0.4, 0.5) is 0 Å². The number of hydrogen-bond acceptors (Lipinski definition) is 3. The van der Waals surface area contributed by atoms with Crippen molar-refractivity contribution in [3.8, 4) is 56.2 Å². The zero-order valence-corrected chi connectivity index (χ0v) is 24.1. The van der Waals surface area contributed by atoms with Gasteiger partial charge in [0.05, 0.1) is 11.4 Å². The van der Waals surface area contributed by atoms with E-state index in [0.29, 0.717) is 0 Å². The molecule has 43 heavy (non-hydrogen) atoms. The first-order valence-electron chi connectivity index (χ1n) is 14.4. The van der Waals surface area contributed by atoms with Gasteiger partial charge in [-0.15, -0.1) is 11.3 Å². The number of nitrogens with zero attached hydrogens (tertiary/aromatic N) is 2. The van der Waals surface area contributed by atoms with Gasteiger partial charge in [-0.3, -0.25) is 0 Å². The molecular weight excluding hydrogens is 541 g/mol. The van der Waals surface area contributed by atoms with E-state index >= 15 is 0 Å². The minimum absolute atomic E-state index is 0.721. The second-order valence-corrected chi connectivity index (χ2v) is 11.7. The Labute approximate surface area is 254 Å². The van der Waals surface area contributed by atoms with Crippen LogP contribution < -0.4 is 0 Å². The normalized spacial score (nSPS) is 11.3. The zero-order chi connectivity index (χ0) is 28.6. The van der Waals surface area contributed by atoms with E-state index in [2.05, 4.69) is 133 Å².